The number of allylic oxidation sites excluding steroid dienone is 2. The summed E-state index contributed by atoms with van der Waals surface area (Å²) < 4.78 is 1.22. The molecule has 0 aromatic heterocycles. The molecule has 0 aliphatic heterocycles. The van der Waals surface area contributed by atoms with Gasteiger partial charge in [0, 0.05) is 0 Å². The molecule has 1 saturated carbocycles. The van der Waals surface area contributed by atoms with Crippen LogP contribution in [0, 0.1) is 5.92 Å². The standard InChI is InChI=1S/C15H16.2ClH.Ru/c1-2-6-12(7-3-1)15-11-10-13-8-4-5-9-14(13)15;;;/h4-5,8-9,11-12H,1-3,6-7H2;2*1H;/q;;;+2/p-2. The molecule has 1 fully saturated rings. The second kappa shape index (κ2) is 5.57. The summed E-state index contributed by atoms with van der Waals surface area (Å²) in [6.07, 6.45) is 9.07. The van der Waals surface area contributed by atoms with Crippen molar-refractivity contribution in [1.82, 2.24) is 0 Å². The van der Waals surface area contributed by atoms with Gasteiger partial charge in [-0.25, -0.2) is 0 Å². The van der Waals surface area contributed by atoms with Gasteiger partial charge < -0.3 is 0 Å². The van der Waals surface area contributed by atoms with Crippen LogP contribution in [0.25, 0.3) is 5.57 Å². The van der Waals surface area contributed by atoms with Gasteiger partial charge in [-0.2, -0.15) is 0 Å². The molecule has 0 amide bonds. The Bertz CT molecular complexity index is 521. The van der Waals surface area contributed by atoms with E-state index in [1.165, 1.54) is 52.9 Å². The van der Waals surface area contributed by atoms with E-state index in [4.69, 9.17) is 19.4 Å². The molecular formula is C15H16Cl2Ru. The number of rotatable bonds is 1. The molecule has 0 N–H and O–H groups in total. The molecule has 18 heavy (non-hydrogen) atoms. The Labute approximate surface area is 121 Å². The first kappa shape index (κ1) is 13.0. The summed E-state index contributed by atoms with van der Waals surface area (Å²) in [5.74, 6) is 0.722. The van der Waals surface area contributed by atoms with E-state index in [9.17, 15) is 0 Å². The summed E-state index contributed by atoms with van der Waals surface area (Å²) in [5, 5.41) is 0. The van der Waals surface area contributed by atoms with Gasteiger partial charge in [0.1, 0.15) is 0 Å². The van der Waals surface area contributed by atoms with Crippen LogP contribution in [-0.2, 0) is 13.5 Å². The summed E-state index contributed by atoms with van der Waals surface area (Å²) in [4.78, 5) is 0. The summed E-state index contributed by atoms with van der Waals surface area (Å²) in [5.41, 5.74) is 4.18. The minimum atomic E-state index is -1.81. The SMILES string of the molecule is [Cl][Ru]([Cl])=[C]1C=C(C2CCCCC2)c2ccccc21. The molecule has 0 atom stereocenters. The van der Waals surface area contributed by atoms with Crippen molar-refractivity contribution in [3.05, 3.63) is 41.5 Å². The topological polar surface area (TPSA) is 0 Å². The van der Waals surface area contributed by atoms with E-state index in [-0.39, 0.29) is 0 Å². The summed E-state index contributed by atoms with van der Waals surface area (Å²) in [6, 6.07) is 8.61. The van der Waals surface area contributed by atoms with Crippen LogP contribution in [0.4, 0.5) is 0 Å². The van der Waals surface area contributed by atoms with Gasteiger partial charge in [0.25, 0.3) is 0 Å². The van der Waals surface area contributed by atoms with Crippen LogP contribution >= 0.6 is 19.4 Å². The first-order valence-electron chi connectivity index (χ1n) is 6.45. The van der Waals surface area contributed by atoms with Crippen LogP contribution in [-0.4, -0.2) is 4.11 Å². The fourth-order valence-corrected chi connectivity index (χ4v) is 5.59. The first-order valence-corrected chi connectivity index (χ1v) is 11.8. The molecule has 2 aliphatic rings. The van der Waals surface area contributed by atoms with Gasteiger partial charge in [0.15, 0.2) is 0 Å². The zero-order chi connectivity index (χ0) is 12.5. The molecule has 0 bridgehead atoms. The number of halogens is 2. The Morgan fingerprint density at radius 1 is 0.944 bits per heavy atom. The number of fused-ring (bicyclic) bond motifs is 1. The first-order chi connectivity index (χ1) is 8.77. The van der Waals surface area contributed by atoms with Gasteiger partial charge in [0.2, 0.25) is 0 Å². The predicted octanol–water partition coefficient (Wildman–Crippen LogP) is 5.11. The molecule has 1 aromatic rings. The normalized spacial score (nSPS) is 20.7. The van der Waals surface area contributed by atoms with E-state index in [1.54, 1.807) is 0 Å². The average Bonchev–Trinajstić information content (AvgIpc) is 2.79. The molecule has 0 spiro atoms. The van der Waals surface area contributed by atoms with Crippen LogP contribution in [0.1, 0.15) is 43.2 Å². The van der Waals surface area contributed by atoms with Crippen molar-refractivity contribution in [1.29, 1.82) is 0 Å². The van der Waals surface area contributed by atoms with E-state index >= 15 is 0 Å². The molecule has 0 nitrogen and oxygen atoms in total. The minimum absolute atomic E-state index is 0.722. The van der Waals surface area contributed by atoms with E-state index < -0.39 is 13.5 Å². The number of hydrogen-bond acceptors (Lipinski definition) is 0. The Morgan fingerprint density at radius 3 is 2.28 bits per heavy atom. The van der Waals surface area contributed by atoms with Gasteiger partial charge in [0.05, 0.1) is 0 Å². The Kier molecular flexibility index (Phi) is 4.04. The summed E-state index contributed by atoms with van der Waals surface area (Å²) in [7, 11) is 12.5. The maximum absolute atomic E-state index is 6.24. The molecule has 2 aliphatic carbocycles. The molecule has 1 aromatic carbocycles. The molecule has 3 rings (SSSR count). The fourth-order valence-electron chi connectivity index (χ4n) is 3.09. The average molecular weight is 368 g/mol. The molecule has 0 saturated heterocycles. The van der Waals surface area contributed by atoms with Crippen molar-refractivity contribution in [2.75, 3.05) is 0 Å². The fraction of sp³-hybridized carbons (Fsp3) is 0.400. The molecule has 0 unspecified atom stereocenters. The van der Waals surface area contributed by atoms with Gasteiger partial charge in [-0.1, -0.05) is 0 Å². The van der Waals surface area contributed by atoms with Crippen LogP contribution in [0.2, 0.25) is 0 Å². The van der Waals surface area contributed by atoms with Gasteiger partial charge >= 0.3 is 122 Å². The van der Waals surface area contributed by atoms with Crippen molar-refractivity contribution in [3.63, 3.8) is 0 Å². The number of hydrogen-bond donors (Lipinski definition) is 0. The monoisotopic (exact) mass is 368 g/mol. The third kappa shape index (κ3) is 2.38. The second-order valence-electron chi connectivity index (χ2n) is 5.00. The quantitative estimate of drug-likeness (QED) is 0.605. The van der Waals surface area contributed by atoms with Crippen LogP contribution in [0.3, 0.4) is 0 Å². The van der Waals surface area contributed by atoms with Crippen molar-refractivity contribution >= 4 is 29.1 Å². The zero-order valence-electron chi connectivity index (χ0n) is 10.1. The van der Waals surface area contributed by atoms with Crippen LogP contribution in [0.15, 0.2) is 30.3 Å². The predicted molar refractivity (Wildman–Crippen MR) is 76.8 cm³/mol. The van der Waals surface area contributed by atoms with E-state index in [0.717, 1.165) is 5.92 Å². The van der Waals surface area contributed by atoms with E-state index in [1.807, 2.05) is 0 Å². The van der Waals surface area contributed by atoms with Gasteiger partial charge in [-0.05, 0) is 0 Å². The second-order valence-corrected chi connectivity index (χ2v) is 10.8. The van der Waals surface area contributed by atoms with Crippen molar-refractivity contribution < 1.29 is 13.5 Å². The summed E-state index contributed by atoms with van der Waals surface area (Å²) >= 11 is -1.81. The van der Waals surface area contributed by atoms with Gasteiger partial charge in [-0.3, -0.25) is 0 Å². The van der Waals surface area contributed by atoms with Crippen LogP contribution < -0.4 is 0 Å². The molecular weight excluding hydrogens is 352 g/mol. The molecule has 98 valence electrons. The van der Waals surface area contributed by atoms with Crippen LogP contribution in [0.5, 0.6) is 0 Å². The van der Waals surface area contributed by atoms with E-state index in [2.05, 4.69) is 30.3 Å². The Balaban J connectivity index is 2.05. The van der Waals surface area contributed by atoms with Crippen molar-refractivity contribution in [3.8, 4) is 0 Å². The van der Waals surface area contributed by atoms with E-state index in [0.29, 0.717) is 0 Å². The maximum atomic E-state index is 6.24. The number of benzene rings is 1. The van der Waals surface area contributed by atoms with Crippen molar-refractivity contribution in [2.45, 2.75) is 32.1 Å². The zero-order valence-corrected chi connectivity index (χ0v) is 13.4. The summed E-state index contributed by atoms with van der Waals surface area (Å²) in [6.45, 7) is 0. The molecule has 0 heterocycles. The third-order valence-electron chi connectivity index (χ3n) is 3.96. The van der Waals surface area contributed by atoms with Crippen molar-refractivity contribution in [2.24, 2.45) is 5.92 Å². The molecule has 0 radical (unpaired) electrons. The Morgan fingerprint density at radius 2 is 1.61 bits per heavy atom. The Hall–Kier alpha value is 0.0334. The third-order valence-corrected chi connectivity index (χ3v) is 7.09. The van der Waals surface area contributed by atoms with Gasteiger partial charge in [-0.15, -0.1) is 0 Å². The molecule has 3 heteroatoms.